The van der Waals surface area contributed by atoms with E-state index in [1.165, 1.54) is 7.11 Å². The highest BCUT2D eigenvalue weighted by Crippen LogP contribution is 2.26. The molecule has 0 heterocycles. The maximum Gasteiger partial charge on any atom is 0.339 e. The smallest absolute Gasteiger partial charge is 0.339 e. The van der Waals surface area contributed by atoms with Crippen LogP contribution in [0.15, 0.2) is 42.5 Å². The molecular weight excluding hydrogens is 240 g/mol. The van der Waals surface area contributed by atoms with E-state index in [0.29, 0.717) is 16.9 Å². The SMILES string of the molecule is COC(=O)c1ccccc1Nc1cc(C)ccc1N. The van der Waals surface area contributed by atoms with Gasteiger partial charge in [-0.1, -0.05) is 18.2 Å². The molecule has 2 rings (SSSR count). The van der Waals surface area contributed by atoms with Gasteiger partial charge in [-0.25, -0.2) is 4.79 Å². The summed E-state index contributed by atoms with van der Waals surface area (Å²) in [5.74, 6) is -0.380. The van der Waals surface area contributed by atoms with Crippen molar-refractivity contribution in [1.29, 1.82) is 0 Å². The molecule has 4 nitrogen and oxygen atoms in total. The number of nitrogens with one attached hydrogen (secondary N) is 1. The summed E-state index contributed by atoms with van der Waals surface area (Å²) in [6.45, 7) is 1.98. The number of rotatable bonds is 3. The van der Waals surface area contributed by atoms with Gasteiger partial charge in [0, 0.05) is 0 Å². The largest absolute Gasteiger partial charge is 0.465 e. The van der Waals surface area contributed by atoms with Crippen molar-refractivity contribution in [1.82, 2.24) is 0 Å². The molecule has 0 aliphatic carbocycles. The Morgan fingerprint density at radius 3 is 2.63 bits per heavy atom. The molecule has 19 heavy (non-hydrogen) atoms. The number of para-hydroxylation sites is 1. The van der Waals surface area contributed by atoms with Crippen LogP contribution in [-0.2, 0) is 4.74 Å². The number of hydrogen-bond donors (Lipinski definition) is 2. The molecule has 4 heteroatoms. The first kappa shape index (κ1) is 13.0. The van der Waals surface area contributed by atoms with Crippen LogP contribution in [0.2, 0.25) is 0 Å². The second-order valence-corrected chi connectivity index (χ2v) is 4.25. The molecule has 0 fully saturated rings. The number of aryl methyl sites for hydroxylation is 1. The highest BCUT2D eigenvalue weighted by atomic mass is 16.5. The third-order valence-electron chi connectivity index (χ3n) is 2.81. The zero-order valence-corrected chi connectivity index (χ0v) is 10.9. The van der Waals surface area contributed by atoms with Gasteiger partial charge < -0.3 is 15.8 Å². The maximum absolute atomic E-state index is 11.7. The monoisotopic (exact) mass is 256 g/mol. The summed E-state index contributed by atoms with van der Waals surface area (Å²) >= 11 is 0. The summed E-state index contributed by atoms with van der Waals surface area (Å²) in [5, 5.41) is 3.17. The molecule has 0 saturated carbocycles. The Balaban J connectivity index is 2.38. The molecule has 0 unspecified atom stereocenters. The zero-order chi connectivity index (χ0) is 13.8. The lowest BCUT2D eigenvalue weighted by Crippen LogP contribution is -2.06. The lowest BCUT2D eigenvalue weighted by molar-refractivity contribution is 0.0602. The molecule has 3 N–H and O–H groups in total. The van der Waals surface area contributed by atoms with Crippen LogP contribution in [0.5, 0.6) is 0 Å². The normalized spacial score (nSPS) is 10.0. The van der Waals surface area contributed by atoms with Crippen molar-refractivity contribution >= 4 is 23.0 Å². The number of methoxy groups -OCH3 is 1. The van der Waals surface area contributed by atoms with Gasteiger partial charge in [0.2, 0.25) is 0 Å². The van der Waals surface area contributed by atoms with E-state index in [0.717, 1.165) is 11.3 Å². The fourth-order valence-corrected chi connectivity index (χ4v) is 1.80. The van der Waals surface area contributed by atoms with E-state index in [4.69, 9.17) is 10.5 Å². The second-order valence-electron chi connectivity index (χ2n) is 4.25. The van der Waals surface area contributed by atoms with E-state index in [1.54, 1.807) is 12.1 Å². The van der Waals surface area contributed by atoms with Gasteiger partial charge in [0.05, 0.1) is 29.7 Å². The average molecular weight is 256 g/mol. The van der Waals surface area contributed by atoms with Crippen LogP contribution >= 0.6 is 0 Å². The Kier molecular flexibility index (Phi) is 3.71. The number of carbonyl (C=O) groups is 1. The van der Waals surface area contributed by atoms with Gasteiger partial charge >= 0.3 is 5.97 Å². The van der Waals surface area contributed by atoms with Crippen LogP contribution in [0.1, 0.15) is 15.9 Å². The Labute approximate surface area is 112 Å². The van der Waals surface area contributed by atoms with Crippen LogP contribution in [-0.4, -0.2) is 13.1 Å². The van der Waals surface area contributed by atoms with Crippen molar-refractivity contribution in [3.63, 3.8) is 0 Å². The van der Waals surface area contributed by atoms with E-state index in [2.05, 4.69) is 5.32 Å². The Hall–Kier alpha value is -2.49. The molecule has 2 aromatic rings. The number of nitrogen functional groups attached to an aromatic ring is 1. The van der Waals surface area contributed by atoms with Crippen molar-refractivity contribution in [2.75, 3.05) is 18.2 Å². The van der Waals surface area contributed by atoms with Gasteiger partial charge in [0.1, 0.15) is 0 Å². The molecule has 0 aliphatic heterocycles. The summed E-state index contributed by atoms with van der Waals surface area (Å²) in [7, 11) is 1.36. The molecule has 0 saturated heterocycles. The summed E-state index contributed by atoms with van der Waals surface area (Å²) < 4.78 is 4.76. The highest BCUT2D eigenvalue weighted by molar-refractivity contribution is 5.97. The van der Waals surface area contributed by atoms with E-state index in [-0.39, 0.29) is 5.97 Å². The Bertz CT molecular complexity index is 609. The molecule has 0 bridgehead atoms. The molecule has 0 aliphatic rings. The van der Waals surface area contributed by atoms with Gasteiger partial charge in [0.25, 0.3) is 0 Å². The highest BCUT2D eigenvalue weighted by Gasteiger charge is 2.11. The molecule has 0 spiro atoms. The van der Waals surface area contributed by atoms with Crippen molar-refractivity contribution < 1.29 is 9.53 Å². The molecule has 0 atom stereocenters. The lowest BCUT2D eigenvalue weighted by Gasteiger charge is -2.13. The van der Waals surface area contributed by atoms with E-state index in [9.17, 15) is 4.79 Å². The Morgan fingerprint density at radius 2 is 1.89 bits per heavy atom. The molecule has 2 aromatic carbocycles. The fraction of sp³-hybridized carbons (Fsp3) is 0.133. The fourth-order valence-electron chi connectivity index (χ4n) is 1.80. The van der Waals surface area contributed by atoms with Gasteiger partial charge in [-0.05, 0) is 36.8 Å². The van der Waals surface area contributed by atoms with Gasteiger partial charge in [-0.2, -0.15) is 0 Å². The van der Waals surface area contributed by atoms with E-state index >= 15 is 0 Å². The first-order chi connectivity index (χ1) is 9.11. The van der Waals surface area contributed by atoms with Crippen molar-refractivity contribution in [3.05, 3.63) is 53.6 Å². The molecule has 0 radical (unpaired) electrons. The summed E-state index contributed by atoms with van der Waals surface area (Å²) in [5.41, 5.74) is 9.56. The Morgan fingerprint density at radius 1 is 1.16 bits per heavy atom. The van der Waals surface area contributed by atoms with Crippen LogP contribution in [0, 0.1) is 6.92 Å². The number of anilines is 3. The van der Waals surface area contributed by atoms with E-state index < -0.39 is 0 Å². The van der Waals surface area contributed by atoms with Crippen LogP contribution in [0.25, 0.3) is 0 Å². The summed E-state index contributed by atoms with van der Waals surface area (Å²) in [6, 6.07) is 12.9. The van der Waals surface area contributed by atoms with Crippen LogP contribution in [0.3, 0.4) is 0 Å². The number of nitrogens with two attached hydrogens (primary N) is 1. The number of carbonyl (C=O) groups excluding carboxylic acids is 1. The average Bonchev–Trinajstić information content (AvgIpc) is 2.42. The molecule has 0 aromatic heterocycles. The number of benzene rings is 2. The van der Waals surface area contributed by atoms with Crippen LogP contribution in [0.4, 0.5) is 17.1 Å². The third-order valence-corrected chi connectivity index (χ3v) is 2.81. The number of hydrogen-bond acceptors (Lipinski definition) is 4. The van der Waals surface area contributed by atoms with Crippen molar-refractivity contribution in [2.24, 2.45) is 0 Å². The summed E-state index contributed by atoms with van der Waals surface area (Å²) in [6.07, 6.45) is 0. The number of ether oxygens (including phenoxy) is 1. The quantitative estimate of drug-likeness (QED) is 0.654. The van der Waals surface area contributed by atoms with Gasteiger partial charge in [0.15, 0.2) is 0 Å². The molecule has 0 amide bonds. The second kappa shape index (κ2) is 5.44. The minimum absolute atomic E-state index is 0.380. The topological polar surface area (TPSA) is 64.3 Å². The molecular formula is C15H16N2O2. The zero-order valence-electron chi connectivity index (χ0n) is 10.9. The first-order valence-electron chi connectivity index (χ1n) is 5.92. The number of esters is 1. The van der Waals surface area contributed by atoms with Crippen molar-refractivity contribution in [2.45, 2.75) is 6.92 Å². The summed E-state index contributed by atoms with van der Waals surface area (Å²) in [4.78, 5) is 11.7. The van der Waals surface area contributed by atoms with Crippen LogP contribution < -0.4 is 11.1 Å². The van der Waals surface area contributed by atoms with Crippen molar-refractivity contribution in [3.8, 4) is 0 Å². The lowest BCUT2D eigenvalue weighted by atomic mass is 10.1. The predicted molar refractivity (Wildman–Crippen MR) is 76.7 cm³/mol. The first-order valence-corrected chi connectivity index (χ1v) is 5.92. The predicted octanol–water partition coefficient (Wildman–Crippen LogP) is 3.11. The van der Waals surface area contributed by atoms with E-state index in [1.807, 2.05) is 37.3 Å². The minimum Gasteiger partial charge on any atom is -0.465 e. The van der Waals surface area contributed by atoms with Gasteiger partial charge in [-0.15, -0.1) is 0 Å². The third kappa shape index (κ3) is 2.85. The van der Waals surface area contributed by atoms with Gasteiger partial charge in [-0.3, -0.25) is 0 Å². The maximum atomic E-state index is 11.7. The standard InChI is InChI=1S/C15H16N2O2/c1-10-7-8-12(16)14(9-10)17-13-6-4-3-5-11(13)15(18)19-2/h3-9,17H,16H2,1-2H3. The minimum atomic E-state index is -0.380. The molecule has 98 valence electrons.